The summed E-state index contributed by atoms with van der Waals surface area (Å²) in [6.07, 6.45) is 2.77. The fourth-order valence-corrected chi connectivity index (χ4v) is 2.86. The van der Waals surface area contributed by atoms with Gasteiger partial charge in [-0.05, 0) is 48.5 Å². The number of rotatable bonds is 7. The van der Waals surface area contributed by atoms with E-state index in [0.29, 0.717) is 11.4 Å². The lowest BCUT2D eigenvalue weighted by Gasteiger charge is -2.09. The van der Waals surface area contributed by atoms with Crippen LogP contribution in [0.3, 0.4) is 0 Å². The minimum absolute atomic E-state index is 0.0275. The zero-order valence-corrected chi connectivity index (χ0v) is 15.3. The molecule has 10 heteroatoms. The molecule has 8 nitrogen and oxygen atoms in total. The summed E-state index contributed by atoms with van der Waals surface area (Å²) in [5.74, 6) is -0.600. The van der Waals surface area contributed by atoms with Gasteiger partial charge in [-0.3, -0.25) is 4.57 Å². The van der Waals surface area contributed by atoms with Gasteiger partial charge in [0.05, 0.1) is 17.4 Å². The van der Waals surface area contributed by atoms with Crippen molar-refractivity contribution in [1.29, 1.82) is 0 Å². The van der Waals surface area contributed by atoms with Crippen molar-refractivity contribution in [2.75, 3.05) is 13.2 Å². The Morgan fingerprint density at radius 3 is 2.39 bits per heavy atom. The first kappa shape index (κ1) is 19.5. The maximum Gasteiger partial charge on any atom is 0.357 e. The first-order valence-corrected chi connectivity index (χ1v) is 9.60. The third-order valence-corrected chi connectivity index (χ3v) is 4.62. The molecule has 0 unspecified atom stereocenters. The molecule has 0 aliphatic rings. The molecule has 1 aromatic heterocycles. The minimum atomic E-state index is -3.76. The van der Waals surface area contributed by atoms with Crippen molar-refractivity contribution in [1.82, 2.24) is 9.55 Å². The van der Waals surface area contributed by atoms with E-state index in [1.54, 1.807) is 0 Å². The highest BCUT2D eigenvalue weighted by Crippen LogP contribution is 2.15. The second kappa shape index (κ2) is 8.19. The maximum atomic E-state index is 13.0. The molecule has 0 fully saturated rings. The Hall–Kier alpha value is -3.24. The number of hydrogen-bond acceptors (Lipinski definition) is 6. The van der Waals surface area contributed by atoms with Gasteiger partial charge in [0.15, 0.2) is 5.69 Å². The number of halogens is 1. The van der Waals surface area contributed by atoms with Crippen molar-refractivity contribution in [2.24, 2.45) is 5.14 Å². The van der Waals surface area contributed by atoms with Crippen molar-refractivity contribution < 1.29 is 27.1 Å². The number of hydrogen-bond donors (Lipinski definition) is 1. The van der Waals surface area contributed by atoms with Crippen molar-refractivity contribution >= 4 is 16.0 Å². The van der Waals surface area contributed by atoms with Gasteiger partial charge in [0.2, 0.25) is 10.0 Å². The molecule has 3 aromatic rings. The third kappa shape index (κ3) is 4.72. The number of nitrogens with two attached hydrogens (primary N) is 1. The molecule has 28 heavy (non-hydrogen) atoms. The molecular formula is C18H16FN3O5S. The molecule has 0 amide bonds. The highest BCUT2D eigenvalue weighted by atomic mass is 32.2. The van der Waals surface area contributed by atoms with Crippen LogP contribution in [0.15, 0.2) is 66.0 Å². The quantitative estimate of drug-likeness (QED) is 0.474. The molecule has 2 aromatic carbocycles. The van der Waals surface area contributed by atoms with E-state index < -0.39 is 16.0 Å². The summed E-state index contributed by atoms with van der Waals surface area (Å²) in [4.78, 5) is 16.1. The van der Waals surface area contributed by atoms with Crippen LogP contribution in [0.4, 0.5) is 4.39 Å². The number of ether oxygens (including phenoxy) is 2. The van der Waals surface area contributed by atoms with E-state index in [9.17, 15) is 17.6 Å². The fraction of sp³-hybridized carbons (Fsp3) is 0.111. The number of imidazole rings is 1. The van der Waals surface area contributed by atoms with Gasteiger partial charge in [0.25, 0.3) is 0 Å². The summed E-state index contributed by atoms with van der Waals surface area (Å²) < 4.78 is 47.5. The summed E-state index contributed by atoms with van der Waals surface area (Å²) in [6.45, 7) is 0.0233. The second-order valence-electron chi connectivity index (χ2n) is 5.63. The third-order valence-electron chi connectivity index (χ3n) is 3.69. The predicted octanol–water partition coefficient (Wildman–Crippen LogP) is 1.89. The smallest absolute Gasteiger partial charge is 0.357 e. The molecule has 0 bridgehead atoms. The van der Waals surface area contributed by atoms with Gasteiger partial charge in [-0.1, -0.05) is 0 Å². The monoisotopic (exact) mass is 405 g/mol. The lowest BCUT2D eigenvalue weighted by molar-refractivity contribution is 0.0441. The molecular weight excluding hydrogens is 389 g/mol. The number of carbonyl (C=O) groups is 1. The van der Waals surface area contributed by atoms with Gasteiger partial charge < -0.3 is 9.47 Å². The Bertz CT molecular complexity index is 1060. The molecule has 146 valence electrons. The minimum Gasteiger partial charge on any atom is -0.490 e. The topological polar surface area (TPSA) is 114 Å². The molecule has 2 N–H and O–H groups in total. The largest absolute Gasteiger partial charge is 0.490 e. The summed E-state index contributed by atoms with van der Waals surface area (Å²) in [7, 11) is -3.76. The Balaban J connectivity index is 1.54. The van der Waals surface area contributed by atoms with Crippen molar-refractivity contribution in [3.8, 4) is 11.4 Å². The number of esters is 1. The van der Waals surface area contributed by atoms with Crippen LogP contribution in [0.5, 0.6) is 5.75 Å². The maximum absolute atomic E-state index is 13.0. The molecule has 0 saturated carbocycles. The standard InChI is InChI=1S/C18H16FN3O5S/c19-13-1-3-14(4-2-13)22-12-21-11-17(22)18(23)27-10-9-26-15-5-7-16(8-6-15)28(20,24)25/h1-8,11-12H,9-10H2,(H2,20,24,25). The molecule has 0 radical (unpaired) electrons. The number of benzene rings is 2. The molecule has 3 rings (SSSR count). The molecule has 0 spiro atoms. The van der Waals surface area contributed by atoms with Crippen molar-refractivity contribution in [3.63, 3.8) is 0 Å². The average Bonchev–Trinajstić information content (AvgIpc) is 3.15. The van der Waals surface area contributed by atoms with Crippen LogP contribution in [0, 0.1) is 5.82 Å². The van der Waals surface area contributed by atoms with Crippen LogP contribution >= 0.6 is 0 Å². The summed E-state index contributed by atoms with van der Waals surface area (Å²) in [6, 6.07) is 11.1. The number of sulfonamides is 1. The predicted molar refractivity (Wildman–Crippen MR) is 97.1 cm³/mol. The van der Waals surface area contributed by atoms with Gasteiger partial charge in [0.1, 0.15) is 24.8 Å². The van der Waals surface area contributed by atoms with Crippen LogP contribution < -0.4 is 9.88 Å². The van der Waals surface area contributed by atoms with E-state index in [2.05, 4.69) is 4.98 Å². The van der Waals surface area contributed by atoms with Crippen molar-refractivity contribution in [2.45, 2.75) is 4.90 Å². The van der Waals surface area contributed by atoms with Gasteiger partial charge in [-0.15, -0.1) is 0 Å². The van der Waals surface area contributed by atoms with Crippen LogP contribution in [0.25, 0.3) is 5.69 Å². The molecule has 0 aliphatic heterocycles. The Morgan fingerprint density at radius 2 is 1.75 bits per heavy atom. The lowest BCUT2D eigenvalue weighted by atomic mass is 10.3. The Morgan fingerprint density at radius 1 is 1.07 bits per heavy atom. The van der Waals surface area contributed by atoms with Gasteiger partial charge in [0, 0.05) is 5.69 Å². The van der Waals surface area contributed by atoms with Crippen molar-refractivity contribution in [3.05, 3.63) is 72.6 Å². The first-order chi connectivity index (χ1) is 13.3. The van der Waals surface area contributed by atoms with Crippen LogP contribution in [-0.4, -0.2) is 37.2 Å². The van der Waals surface area contributed by atoms with Gasteiger partial charge in [-0.25, -0.2) is 27.7 Å². The van der Waals surface area contributed by atoms with E-state index in [0.717, 1.165) is 0 Å². The Labute approximate surface area is 160 Å². The lowest BCUT2D eigenvalue weighted by Crippen LogP contribution is -2.15. The van der Waals surface area contributed by atoms with E-state index >= 15 is 0 Å². The number of carbonyl (C=O) groups excluding carboxylic acids is 1. The SMILES string of the molecule is NS(=O)(=O)c1ccc(OCCOC(=O)c2cncn2-c2ccc(F)cc2)cc1. The van der Waals surface area contributed by atoms with Gasteiger partial charge in [-0.2, -0.15) is 0 Å². The van der Waals surface area contributed by atoms with Crippen LogP contribution in [0.1, 0.15) is 10.5 Å². The summed E-state index contributed by atoms with van der Waals surface area (Å²) in [5, 5.41) is 5.02. The fourth-order valence-electron chi connectivity index (χ4n) is 2.35. The highest BCUT2D eigenvalue weighted by molar-refractivity contribution is 7.89. The molecule has 1 heterocycles. The number of aromatic nitrogens is 2. The number of nitrogens with zero attached hydrogens (tertiary/aromatic N) is 2. The van der Waals surface area contributed by atoms with E-state index in [4.69, 9.17) is 14.6 Å². The molecule has 0 atom stereocenters. The first-order valence-electron chi connectivity index (χ1n) is 8.06. The average molecular weight is 405 g/mol. The normalized spacial score (nSPS) is 11.2. The van der Waals surface area contributed by atoms with Crippen LogP contribution in [0.2, 0.25) is 0 Å². The van der Waals surface area contributed by atoms with E-state index in [1.165, 1.54) is 65.6 Å². The molecule has 0 saturated heterocycles. The van der Waals surface area contributed by atoms with E-state index in [1.807, 2.05) is 0 Å². The summed E-state index contributed by atoms with van der Waals surface area (Å²) >= 11 is 0. The summed E-state index contributed by atoms with van der Waals surface area (Å²) in [5.41, 5.74) is 0.751. The van der Waals surface area contributed by atoms with E-state index in [-0.39, 0.29) is 29.6 Å². The zero-order chi connectivity index (χ0) is 20.1. The highest BCUT2D eigenvalue weighted by Gasteiger charge is 2.15. The Kier molecular flexibility index (Phi) is 5.71. The zero-order valence-electron chi connectivity index (χ0n) is 14.5. The van der Waals surface area contributed by atoms with Gasteiger partial charge >= 0.3 is 5.97 Å². The van der Waals surface area contributed by atoms with Crippen LogP contribution in [-0.2, 0) is 14.8 Å². The number of primary sulfonamides is 1. The molecule has 0 aliphatic carbocycles. The second-order valence-corrected chi connectivity index (χ2v) is 7.19.